The van der Waals surface area contributed by atoms with E-state index < -0.39 is 0 Å². The zero-order chi connectivity index (χ0) is 11.2. The van der Waals surface area contributed by atoms with Crippen molar-refractivity contribution in [1.82, 2.24) is 5.32 Å². The smallest absolute Gasteiger partial charge is 0.0419 e. The number of anilines is 1. The molecule has 0 saturated heterocycles. The zero-order valence-corrected chi connectivity index (χ0v) is 9.55. The number of benzene rings is 1. The van der Waals surface area contributed by atoms with Crippen molar-refractivity contribution in [2.45, 2.75) is 25.8 Å². The van der Waals surface area contributed by atoms with Gasteiger partial charge in [-0.15, -0.1) is 12.3 Å². The van der Waals surface area contributed by atoms with Crippen molar-refractivity contribution in [2.75, 3.05) is 18.4 Å². The fraction of sp³-hybridized carbons (Fsp3) is 0.429. The molecule has 0 unspecified atom stereocenters. The number of terminal acetylenes is 1. The first-order valence-corrected chi connectivity index (χ1v) is 5.90. The topological polar surface area (TPSA) is 24.1 Å². The Morgan fingerprint density at radius 3 is 3.25 bits per heavy atom. The molecule has 0 atom stereocenters. The number of hydrogen-bond donors (Lipinski definition) is 2. The lowest BCUT2D eigenvalue weighted by atomic mass is 10.1. The minimum absolute atomic E-state index is 0.859. The van der Waals surface area contributed by atoms with Gasteiger partial charge in [-0.05, 0) is 30.5 Å². The molecule has 84 valence electrons. The maximum Gasteiger partial charge on any atom is 0.0419 e. The van der Waals surface area contributed by atoms with E-state index in [4.69, 9.17) is 6.42 Å². The van der Waals surface area contributed by atoms with E-state index in [1.165, 1.54) is 16.8 Å². The summed E-state index contributed by atoms with van der Waals surface area (Å²) in [6, 6.07) is 6.53. The molecule has 0 aromatic heterocycles. The Bertz CT molecular complexity index is 390. The van der Waals surface area contributed by atoms with Crippen molar-refractivity contribution in [3.05, 3.63) is 29.3 Å². The molecule has 2 heteroatoms. The highest BCUT2D eigenvalue weighted by atomic mass is 14.9. The fourth-order valence-corrected chi connectivity index (χ4v) is 2.10. The van der Waals surface area contributed by atoms with Crippen LogP contribution in [-0.2, 0) is 13.0 Å². The lowest BCUT2D eigenvalue weighted by Gasteiger charge is -2.09. The van der Waals surface area contributed by atoms with Gasteiger partial charge in [-0.25, -0.2) is 0 Å². The Morgan fingerprint density at radius 2 is 2.38 bits per heavy atom. The highest BCUT2D eigenvalue weighted by Crippen LogP contribution is 2.25. The number of hydrogen-bond acceptors (Lipinski definition) is 2. The Balaban J connectivity index is 1.86. The van der Waals surface area contributed by atoms with Gasteiger partial charge in [0.1, 0.15) is 0 Å². The maximum absolute atomic E-state index is 5.21. The average Bonchev–Trinajstić information content (AvgIpc) is 2.77. The summed E-state index contributed by atoms with van der Waals surface area (Å²) in [6.45, 7) is 3.00. The van der Waals surface area contributed by atoms with Gasteiger partial charge in [0.2, 0.25) is 0 Å². The van der Waals surface area contributed by atoms with Gasteiger partial charge in [-0.1, -0.05) is 18.2 Å². The maximum atomic E-state index is 5.21. The summed E-state index contributed by atoms with van der Waals surface area (Å²) >= 11 is 0. The summed E-state index contributed by atoms with van der Waals surface area (Å²) in [5.41, 5.74) is 4.16. The predicted octanol–water partition coefficient (Wildman–Crippen LogP) is 2.16. The van der Waals surface area contributed by atoms with Crippen LogP contribution in [0.2, 0.25) is 0 Å². The van der Waals surface area contributed by atoms with Crippen LogP contribution in [0.3, 0.4) is 0 Å². The lowest BCUT2D eigenvalue weighted by Crippen LogP contribution is -2.15. The molecule has 0 radical (unpaired) electrons. The van der Waals surface area contributed by atoms with Crippen LogP contribution < -0.4 is 10.6 Å². The molecule has 16 heavy (non-hydrogen) atoms. The van der Waals surface area contributed by atoms with Gasteiger partial charge in [0, 0.05) is 25.2 Å². The Hall–Kier alpha value is -1.46. The van der Waals surface area contributed by atoms with Crippen LogP contribution in [0.4, 0.5) is 5.69 Å². The van der Waals surface area contributed by atoms with E-state index >= 15 is 0 Å². The van der Waals surface area contributed by atoms with E-state index in [2.05, 4.69) is 34.8 Å². The van der Waals surface area contributed by atoms with Gasteiger partial charge in [-0.3, -0.25) is 0 Å². The summed E-state index contributed by atoms with van der Waals surface area (Å²) in [7, 11) is 0. The second-order valence-electron chi connectivity index (χ2n) is 4.11. The summed E-state index contributed by atoms with van der Waals surface area (Å²) in [6.07, 6.45) is 8.27. The van der Waals surface area contributed by atoms with Crippen LogP contribution in [0.25, 0.3) is 0 Å². The summed E-state index contributed by atoms with van der Waals surface area (Å²) in [5.74, 6) is 2.66. The minimum Gasteiger partial charge on any atom is -0.384 e. The summed E-state index contributed by atoms with van der Waals surface area (Å²) in [4.78, 5) is 0. The molecule has 2 rings (SSSR count). The second-order valence-corrected chi connectivity index (χ2v) is 4.11. The van der Waals surface area contributed by atoms with E-state index in [0.29, 0.717) is 0 Å². The number of para-hydroxylation sites is 1. The molecule has 1 aromatic rings. The molecule has 0 saturated carbocycles. The zero-order valence-electron chi connectivity index (χ0n) is 9.55. The van der Waals surface area contributed by atoms with E-state index in [0.717, 1.165) is 38.9 Å². The first-order chi connectivity index (χ1) is 7.92. The van der Waals surface area contributed by atoms with E-state index in [1.807, 2.05) is 0 Å². The molecule has 1 aliphatic heterocycles. The van der Waals surface area contributed by atoms with Crippen molar-refractivity contribution in [1.29, 1.82) is 0 Å². The molecule has 0 spiro atoms. The molecule has 1 aromatic carbocycles. The average molecular weight is 214 g/mol. The van der Waals surface area contributed by atoms with Gasteiger partial charge < -0.3 is 10.6 Å². The van der Waals surface area contributed by atoms with Crippen molar-refractivity contribution < 1.29 is 0 Å². The Morgan fingerprint density at radius 1 is 1.44 bits per heavy atom. The Kier molecular flexibility index (Phi) is 3.85. The van der Waals surface area contributed by atoms with Gasteiger partial charge >= 0.3 is 0 Å². The van der Waals surface area contributed by atoms with Crippen molar-refractivity contribution in [3.63, 3.8) is 0 Å². The van der Waals surface area contributed by atoms with Crippen LogP contribution in [0, 0.1) is 12.3 Å². The van der Waals surface area contributed by atoms with Crippen LogP contribution in [0.5, 0.6) is 0 Å². The SMILES string of the molecule is C#CCCCNCc1cccc2c1NCC2. The second kappa shape index (κ2) is 5.58. The molecular weight excluding hydrogens is 196 g/mol. The van der Waals surface area contributed by atoms with Crippen LogP contribution in [-0.4, -0.2) is 13.1 Å². The van der Waals surface area contributed by atoms with Crippen LogP contribution in [0.15, 0.2) is 18.2 Å². The highest BCUT2D eigenvalue weighted by Gasteiger charge is 2.12. The summed E-state index contributed by atoms with van der Waals surface area (Å²) < 4.78 is 0. The van der Waals surface area contributed by atoms with Crippen molar-refractivity contribution in [2.24, 2.45) is 0 Å². The van der Waals surface area contributed by atoms with Crippen LogP contribution >= 0.6 is 0 Å². The molecule has 0 amide bonds. The fourth-order valence-electron chi connectivity index (χ4n) is 2.10. The molecule has 0 fully saturated rings. The van der Waals surface area contributed by atoms with E-state index in [-0.39, 0.29) is 0 Å². The first-order valence-electron chi connectivity index (χ1n) is 5.90. The molecule has 1 heterocycles. The quantitative estimate of drug-likeness (QED) is 0.580. The summed E-state index contributed by atoms with van der Waals surface area (Å²) in [5, 5.41) is 6.88. The predicted molar refractivity (Wildman–Crippen MR) is 68.4 cm³/mol. The number of fused-ring (bicyclic) bond motifs is 1. The van der Waals surface area contributed by atoms with Gasteiger partial charge in [0.15, 0.2) is 0 Å². The number of unbranched alkanes of at least 4 members (excludes halogenated alkanes) is 1. The molecule has 2 nitrogen and oxygen atoms in total. The third-order valence-electron chi connectivity index (χ3n) is 2.92. The molecule has 2 N–H and O–H groups in total. The normalized spacial score (nSPS) is 12.9. The van der Waals surface area contributed by atoms with E-state index in [1.54, 1.807) is 0 Å². The monoisotopic (exact) mass is 214 g/mol. The van der Waals surface area contributed by atoms with Crippen LogP contribution in [0.1, 0.15) is 24.0 Å². The largest absolute Gasteiger partial charge is 0.384 e. The van der Waals surface area contributed by atoms with Crippen molar-refractivity contribution in [3.8, 4) is 12.3 Å². The molecule has 0 aliphatic carbocycles. The standard InChI is InChI=1S/C14H18N2/c1-2-3-4-9-15-11-13-7-5-6-12-8-10-16-14(12)13/h1,5-7,15-16H,3-4,8-11H2. The third-order valence-corrected chi connectivity index (χ3v) is 2.92. The molecule has 1 aliphatic rings. The lowest BCUT2D eigenvalue weighted by molar-refractivity contribution is 0.660. The van der Waals surface area contributed by atoms with Gasteiger partial charge in [0.25, 0.3) is 0 Å². The number of nitrogens with one attached hydrogen (secondary N) is 2. The third kappa shape index (κ3) is 2.56. The molecular formula is C14H18N2. The first kappa shape index (κ1) is 11.0. The minimum atomic E-state index is 0.859. The van der Waals surface area contributed by atoms with Gasteiger partial charge in [-0.2, -0.15) is 0 Å². The molecule has 0 bridgehead atoms. The number of rotatable bonds is 5. The van der Waals surface area contributed by atoms with E-state index in [9.17, 15) is 0 Å². The highest BCUT2D eigenvalue weighted by molar-refractivity contribution is 5.61. The van der Waals surface area contributed by atoms with Crippen molar-refractivity contribution >= 4 is 5.69 Å². The Labute approximate surface area is 97.4 Å². The van der Waals surface area contributed by atoms with Gasteiger partial charge in [0.05, 0.1) is 0 Å².